The Morgan fingerprint density at radius 3 is 2.87 bits per heavy atom. The second-order valence-electron chi connectivity index (χ2n) is 5.57. The fourth-order valence-electron chi connectivity index (χ4n) is 2.69. The fourth-order valence-corrected chi connectivity index (χ4v) is 2.69. The van der Waals surface area contributed by atoms with Gasteiger partial charge in [-0.15, -0.1) is 0 Å². The van der Waals surface area contributed by atoms with Crippen LogP contribution in [0.4, 0.5) is 13.2 Å². The van der Waals surface area contributed by atoms with Crippen LogP contribution in [-0.4, -0.2) is 43.1 Å². The van der Waals surface area contributed by atoms with Crippen molar-refractivity contribution in [3.8, 4) is 0 Å². The van der Waals surface area contributed by atoms with Crippen LogP contribution in [0.5, 0.6) is 0 Å². The number of aryl methyl sites for hydroxylation is 1. The first-order valence-corrected chi connectivity index (χ1v) is 7.48. The highest BCUT2D eigenvalue weighted by Gasteiger charge is 2.34. The smallest absolute Gasteiger partial charge is 0.295 e. The van der Waals surface area contributed by atoms with E-state index in [0.29, 0.717) is 13.1 Å². The summed E-state index contributed by atoms with van der Waals surface area (Å²) in [6, 6.07) is 0.900. The van der Waals surface area contributed by atoms with Crippen molar-refractivity contribution in [1.82, 2.24) is 30.0 Å². The van der Waals surface area contributed by atoms with Gasteiger partial charge >= 0.3 is 6.18 Å². The highest BCUT2D eigenvalue weighted by atomic mass is 19.4. The molecule has 3 rings (SSSR count). The SMILES string of the molecule is CCc1n[nH]c(CN2CCC(c3nccc(C(F)(F)F)n3)C2)n1. The molecule has 1 atom stereocenters. The van der Waals surface area contributed by atoms with Crippen molar-refractivity contribution in [3.63, 3.8) is 0 Å². The second-order valence-corrected chi connectivity index (χ2v) is 5.57. The van der Waals surface area contributed by atoms with Crippen molar-refractivity contribution in [2.24, 2.45) is 0 Å². The van der Waals surface area contributed by atoms with Gasteiger partial charge in [0.25, 0.3) is 0 Å². The highest BCUT2D eigenvalue weighted by molar-refractivity contribution is 5.10. The first-order valence-electron chi connectivity index (χ1n) is 7.48. The number of nitrogens with one attached hydrogen (secondary N) is 1. The maximum atomic E-state index is 12.7. The average Bonchev–Trinajstić information content (AvgIpc) is 3.16. The van der Waals surface area contributed by atoms with Crippen molar-refractivity contribution in [3.05, 3.63) is 35.4 Å². The molecule has 1 unspecified atom stereocenters. The lowest BCUT2D eigenvalue weighted by atomic mass is 10.1. The van der Waals surface area contributed by atoms with Gasteiger partial charge in [-0.3, -0.25) is 10.00 Å². The minimum absolute atomic E-state index is 0.0918. The van der Waals surface area contributed by atoms with Crippen LogP contribution in [0.2, 0.25) is 0 Å². The molecule has 2 aromatic rings. The predicted molar refractivity (Wildman–Crippen MR) is 75.4 cm³/mol. The van der Waals surface area contributed by atoms with E-state index in [1.807, 2.05) is 6.92 Å². The van der Waals surface area contributed by atoms with Crippen LogP contribution in [-0.2, 0) is 19.1 Å². The van der Waals surface area contributed by atoms with Crippen LogP contribution in [0.1, 0.15) is 42.4 Å². The summed E-state index contributed by atoms with van der Waals surface area (Å²) in [6.45, 7) is 3.96. The van der Waals surface area contributed by atoms with Crippen molar-refractivity contribution in [1.29, 1.82) is 0 Å². The zero-order valence-corrected chi connectivity index (χ0v) is 12.6. The molecule has 0 bridgehead atoms. The molecule has 1 aliphatic rings. The third-order valence-electron chi connectivity index (χ3n) is 3.87. The number of likely N-dealkylation sites (tertiary alicyclic amines) is 1. The third kappa shape index (κ3) is 3.66. The zero-order valence-electron chi connectivity index (χ0n) is 12.6. The summed E-state index contributed by atoms with van der Waals surface area (Å²) < 4.78 is 38.2. The molecule has 23 heavy (non-hydrogen) atoms. The molecule has 0 radical (unpaired) electrons. The molecule has 1 N–H and O–H groups in total. The molecule has 3 heterocycles. The quantitative estimate of drug-likeness (QED) is 0.932. The lowest BCUT2D eigenvalue weighted by Crippen LogP contribution is -2.21. The minimum atomic E-state index is -4.44. The number of alkyl halides is 3. The number of hydrogen-bond acceptors (Lipinski definition) is 5. The Bertz CT molecular complexity index is 669. The molecule has 1 fully saturated rings. The van der Waals surface area contributed by atoms with Gasteiger partial charge in [0.1, 0.15) is 23.2 Å². The standard InChI is InChI=1S/C14H17F3N6/c1-2-11-20-12(22-21-11)8-23-6-4-9(7-23)13-18-5-3-10(19-13)14(15,16)17/h3,5,9H,2,4,6-8H2,1H3,(H,20,21,22). The van der Waals surface area contributed by atoms with Crippen LogP contribution >= 0.6 is 0 Å². The maximum Gasteiger partial charge on any atom is 0.433 e. The molecular weight excluding hydrogens is 309 g/mol. The largest absolute Gasteiger partial charge is 0.433 e. The predicted octanol–water partition coefficient (Wildman–Crippen LogP) is 2.17. The van der Waals surface area contributed by atoms with Crippen LogP contribution in [0.15, 0.2) is 12.3 Å². The van der Waals surface area contributed by atoms with Gasteiger partial charge in [-0.2, -0.15) is 18.3 Å². The van der Waals surface area contributed by atoms with E-state index in [-0.39, 0.29) is 11.7 Å². The topological polar surface area (TPSA) is 70.6 Å². The van der Waals surface area contributed by atoms with Crippen molar-refractivity contribution < 1.29 is 13.2 Å². The molecule has 0 aromatic carbocycles. The number of hydrogen-bond donors (Lipinski definition) is 1. The van der Waals surface area contributed by atoms with E-state index in [9.17, 15) is 13.2 Å². The lowest BCUT2D eigenvalue weighted by Gasteiger charge is -2.14. The van der Waals surface area contributed by atoms with Gasteiger partial charge in [0.05, 0.1) is 6.54 Å². The van der Waals surface area contributed by atoms with Gasteiger partial charge in [0, 0.05) is 25.1 Å². The first-order chi connectivity index (χ1) is 11.0. The number of halogens is 3. The van der Waals surface area contributed by atoms with Crippen molar-refractivity contribution >= 4 is 0 Å². The van der Waals surface area contributed by atoms with Crippen LogP contribution in [0.3, 0.4) is 0 Å². The van der Waals surface area contributed by atoms with E-state index >= 15 is 0 Å². The number of rotatable bonds is 4. The van der Waals surface area contributed by atoms with E-state index in [2.05, 4.69) is 30.0 Å². The summed E-state index contributed by atoms with van der Waals surface area (Å²) in [5.74, 6) is 1.70. The molecule has 2 aromatic heterocycles. The lowest BCUT2D eigenvalue weighted by molar-refractivity contribution is -0.141. The van der Waals surface area contributed by atoms with E-state index in [1.54, 1.807) is 0 Å². The molecule has 0 spiro atoms. The molecular formula is C14H17F3N6. The van der Waals surface area contributed by atoms with Crippen LogP contribution in [0, 0.1) is 0 Å². The minimum Gasteiger partial charge on any atom is -0.295 e. The highest BCUT2D eigenvalue weighted by Crippen LogP contribution is 2.30. The molecule has 124 valence electrons. The zero-order chi connectivity index (χ0) is 16.4. The summed E-state index contributed by atoms with van der Waals surface area (Å²) in [4.78, 5) is 14.2. The van der Waals surface area contributed by atoms with Gasteiger partial charge < -0.3 is 0 Å². The van der Waals surface area contributed by atoms with Gasteiger partial charge in [-0.1, -0.05) is 6.92 Å². The van der Waals surface area contributed by atoms with E-state index < -0.39 is 11.9 Å². The Labute approximate surface area is 131 Å². The average molecular weight is 326 g/mol. The molecule has 1 aliphatic heterocycles. The Kier molecular flexibility index (Phi) is 4.29. The summed E-state index contributed by atoms with van der Waals surface area (Å²) in [7, 11) is 0. The number of nitrogens with zero attached hydrogens (tertiary/aromatic N) is 5. The molecule has 6 nitrogen and oxygen atoms in total. The van der Waals surface area contributed by atoms with E-state index in [4.69, 9.17) is 0 Å². The van der Waals surface area contributed by atoms with E-state index in [1.165, 1.54) is 6.20 Å². The van der Waals surface area contributed by atoms with Crippen molar-refractivity contribution in [2.45, 2.75) is 38.4 Å². The number of aromatic nitrogens is 5. The van der Waals surface area contributed by atoms with Gasteiger partial charge in [-0.25, -0.2) is 15.0 Å². The molecule has 0 saturated carbocycles. The Morgan fingerprint density at radius 2 is 2.17 bits per heavy atom. The summed E-state index contributed by atoms with van der Waals surface area (Å²) in [5, 5.41) is 6.96. The Morgan fingerprint density at radius 1 is 1.35 bits per heavy atom. The monoisotopic (exact) mass is 326 g/mol. The van der Waals surface area contributed by atoms with Crippen molar-refractivity contribution in [2.75, 3.05) is 13.1 Å². The van der Waals surface area contributed by atoms with Gasteiger partial charge in [0.15, 0.2) is 0 Å². The normalized spacial score (nSPS) is 19.4. The number of H-pyrrole nitrogens is 1. The van der Waals surface area contributed by atoms with E-state index in [0.717, 1.165) is 37.1 Å². The summed E-state index contributed by atoms with van der Waals surface area (Å²) >= 11 is 0. The van der Waals surface area contributed by atoms with Crippen LogP contribution in [0.25, 0.3) is 0 Å². The van der Waals surface area contributed by atoms with Crippen LogP contribution < -0.4 is 0 Å². The Balaban J connectivity index is 1.65. The second kappa shape index (κ2) is 6.23. The third-order valence-corrected chi connectivity index (χ3v) is 3.87. The molecule has 0 aliphatic carbocycles. The molecule has 9 heteroatoms. The Hall–Kier alpha value is -2.03. The summed E-state index contributed by atoms with van der Waals surface area (Å²) in [6.07, 6.45) is -1.77. The first kappa shape index (κ1) is 15.9. The fraction of sp³-hybridized carbons (Fsp3) is 0.571. The van der Waals surface area contributed by atoms with Gasteiger partial charge in [0.2, 0.25) is 0 Å². The maximum absolute atomic E-state index is 12.7. The molecule has 0 amide bonds. The number of aromatic amines is 1. The summed E-state index contributed by atoms with van der Waals surface area (Å²) in [5.41, 5.74) is -0.885. The van der Waals surface area contributed by atoms with Gasteiger partial charge in [-0.05, 0) is 19.0 Å². The molecule has 1 saturated heterocycles.